The van der Waals surface area contributed by atoms with Crippen molar-refractivity contribution in [2.24, 2.45) is 5.73 Å². The molecule has 5 nitrogen and oxygen atoms in total. The zero-order valence-corrected chi connectivity index (χ0v) is 16.7. The van der Waals surface area contributed by atoms with Gasteiger partial charge in [0.05, 0.1) is 5.75 Å². The van der Waals surface area contributed by atoms with Gasteiger partial charge in [-0.3, -0.25) is 9.35 Å². The minimum atomic E-state index is -3.93. The average Bonchev–Trinajstić information content (AvgIpc) is 2.53. The van der Waals surface area contributed by atoms with Gasteiger partial charge in [-0.25, -0.2) is 0 Å². The van der Waals surface area contributed by atoms with Crippen molar-refractivity contribution < 1.29 is 17.8 Å². The smallest absolute Gasteiger partial charge is 0.264 e. The minimum Gasteiger partial charge on any atom is -0.366 e. The van der Waals surface area contributed by atoms with Crippen LogP contribution in [0, 0.1) is 0 Å². The van der Waals surface area contributed by atoms with Crippen LogP contribution in [0.1, 0.15) is 96.8 Å². The molecule has 0 saturated carbocycles. The summed E-state index contributed by atoms with van der Waals surface area (Å²) in [5, 5.41) is 0. The van der Waals surface area contributed by atoms with Crippen LogP contribution in [0.25, 0.3) is 0 Å². The van der Waals surface area contributed by atoms with Crippen molar-refractivity contribution in [3.8, 4) is 0 Å². The van der Waals surface area contributed by atoms with Gasteiger partial charge in [0.2, 0.25) is 5.91 Å². The second-order valence-corrected chi connectivity index (χ2v) is 8.38. The van der Waals surface area contributed by atoms with E-state index in [0.29, 0.717) is 24.8 Å². The SMILES string of the molecule is CCCCCCCCCCCCCC(=CCCCS(=O)(=O)O)C(N)=O. The molecular formula is C19H37NO4S. The van der Waals surface area contributed by atoms with Gasteiger partial charge >= 0.3 is 0 Å². The first-order valence-electron chi connectivity index (χ1n) is 9.80. The van der Waals surface area contributed by atoms with E-state index in [4.69, 9.17) is 10.3 Å². The van der Waals surface area contributed by atoms with E-state index in [2.05, 4.69) is 6.92 Å². The summed E-state index contributed by atoms with van der Waals surface area (Å²) in [6.45, 7) is 2.23. The number of hydrogen-bond acceptors (Lipinski definition) is 3. The molecule has 3 N–H and O–H groups in total. The number of carbonyl (C=O) groups is 1. The van der Waals surface area contributed by atoms with Crippen LogP contribution in [0.4, 0.5) is 0 Å². The highest BCUT2D eigenvalue weighted by Crippen LogP contribution is 2.14. The van der Waals surface area contributed by atoms with E-state index in [1.807, 2.05) is 0 Å². The van der Waals surface area contributed by atoms with Crippen molar-refractivity contribution in [3.63, 3.8) is 0 Å². The maximum Gasteiger partial charge on any atom is 0.264 e. The van der Waals surface area contributed by atoms with Gasteiger partial charge in [0.25, 0.3) is 10.1 Å². The zero-order chi connectivity index (χ0) is 19.0. The molecule has 0 atom stereocenters. The van der Waals surface area contributed by atoms with Gasteiger partial charge < -0.3 is 5.73 Å². The molecule has 0 aromatic heterocycles. The van der Waals surface area contributed by atoms with Gasteiger partial charge in [-0.2, -0.15) is 8.42 Å². The molecular weight excluding hydrogens is 338 g/mol. The van der Waals surface area contributed by atoms with Crippen LogP contribution in [-0.2, 0) is 14.9 Å². The standard InChI is InChI=1S/C19H37NO4S/c1-2-3-4-5-6-7-8-9-10-11-12-15-18(19(20)21)16-13-14-17-25(22,23)24/h16H,2-15,17H2,1H3,(H2,20,21)(H,22,23,24). The number of hydrogen-bond donors (Lipinski definition) is 2. The highest BCUT2D eigenvalue weighted by molar-refractivity contribution is 7.85. The Morgan fingerprint density at radius 3 is 1.80 bits per heavy atom. The molecule has 0 radical (unpaired) electrons. The third-order valence-corrected chi connectivity index (χ3v) is 5.17. The second-order valence-electron chi connectivity index (χ2n) is 6.81. The van der Waals surface area contributed by atoms with E-state index in [0.717, 1.165) is 12.8 Å². The molecule has 0 aliphatic carbocycles. The Hall–Kier alpha value is -0.880. The second kappa shape index (κ2) is 15.4. The highest BCUT2D eigenvalue weighted by Gasteiger charge is 2.06. The number of allylic oxidation sites excluding steroid dienone is 1. The molecule has 6 heteroatoms. The van der Waals surface area contributed by atoms with Crippen molar-refractivity contribution in [2.45, 2.75) is 96.8 Å². The van der Waals surface area contributed by atoms with Crippen LogP contribution in [-0.4, -0.2) is 24.6 Å². The summed E-state index contributed by atoms with van der Waals surface area (Å²) in [5.74, 6) is -0.715. The number of amides is 1. The molecule has 0 bridgehead atoms. The van der Waals surface area contributed by atoms with Crippen molar-refractivity contribution in [1.82, 2.24) is 0 Å². The molecule has 0 aromatic rings. The molecule has 0 spiro atoms. The Kier molecular flexibility index (Phi) is 14.8. The van der Waals surface area contributed by atoms with Gasteiger partial charge in [-0.05, 0) is 25.7 Å². The summed E-state index contributed by atoms with van der Waals surface area (Å²) in [4.78, 5) is 11.4. The van der Waals surface area contributed by atoms with Crippen LogP contribution < -0.4 is 5.73 Å². The summed E-state index contributed by atoms with van der Waals surface area (Å²) < 4.78 is 29.9. The molecule has 0 unspecified atom stereocenters. The van der Waals surface area contributed by atoms with Crippen LogP contribution >= 0.6 is 0 Å². The quantitative estimate of drug-likeness (QED) is 0.217. The van der Waals surface area contributed by atoms with Crippen molar-refractivity contribution in [1.29, 1.82) is 0 Å². The predicted octanol–water partition coefficient (Wildman–Crippen LogP) is 4.77. The summed E-state index contributed by atoms with van der Waals surface area (Å²) in [6, 6.07) is 0. The molecule has 0 heterocycles. The maximum absolute atomic E-state index is 11.4. The van der Waals surface area contributed by atoms with Crippen LogP contribution in [0.3, 0.4) is 0 Å². The number of nitrogens with two attached hydrogens (primary N) is 1. The maximum atomic E-state index is 11.4. The average molecular weight is 376 g/mol. The number of unbranched alkanes of at least 4 members (excludes halogenated alkanes) is 11. The van der Waals surface area contributed by atoms with Crippen molar-refractivity contribution in [3.05, 3.63) is 11.6 Å². The molecule has 0 aromatic carbocycles. The number of primary amides is 1. The predicted molar refractivity (Wildman–Crippen MR) is 104 cm³/mol. The lowest BCUT2D eigenvalue weighted by molar-refractivity contribution is -0.114. The lowest BCUT2D eigenvalue weighted by Gasteiger charge is -2.05. The van der Waals surface area contributed by atoms with E-state index in [1.165, 1.54) is 57.8 Å². The lowest BCUT2D eigenvalue weighted by Crippen LogP contribution is -2.14. The lowest BCUT2D eigenvalue weighted by atomic mass is 10.0. The molecule has 0 aliphatic heterocycles. The molecule has 0 saturated heterocycles. The monoisotopic (exact) mass is 375 g/mol. The third-order valence-electron chi connectivity index (χ3n) is 4.36. The Bertz CT molecular complexity index is 472. The number of carbonyl (C=O) groups excluding carboxylic acids is 1. The molecule has 0 rings (SSSR count). The fourth-order valence-electron chi connectivity index (χ4n) is 2.85. The van der Waals surface area contributed by atoms with Gasteiger partial charge in [0.15, 0.2) is 0 Å². The molecule has 0 aliphatic rings. The molecule has 0 fully saturated rings. The Morgan fingerprint density at radius 2 is 1.36 bits per heavy atom. The van der Waals surface area contributed by atoms with E-state index in [-0.39, 0.29) is 5.75 Å². The number of rotatable bonds is 17. The van der Waals surface area contributed by atoms with Crippen molar-refractivity contribution in [2.75, 3.05) is 5.75 Å². The molecule has 148 valence electrons. The molecule has 1 amide bonds. The van der Waals surface area contributed by atoms with Gasteiger partial charge in [0.1, 0.15) is 0 Å². The van der Waals surface area contributed by atoms with Crippen LogP contribution in [0.2, 0.25) is 0 Å². The van der Waals surface area contributed by atoms with Crippen molar-refractivity contribution >= 4 is 16.0 Å². The van der Waals surface area contributed by atoms with Gasteiger partial charge in [-0.1, -0.05) is 77.2 Å². The van der Waals surface area contributed by atoms with E-state index >= 15 is 0 Å². The summed E-state index contributed by atoms with van der Waals surface area (Å²) in [5.41, 5.74) is 5.94. The van der Waals surface area contributed by atoms with Crippen LogP contribution in [0.5, 0.6) is 0 Å². The van der Waals surface area contributed by atoms with E-state index in [9.17, 15) is 13.2 Å². The Balaban J connectivity index is 3.68. The Labute approximate surface area is 154 Å². The summed E-state index contributed by atoms with van der Waals surface area (Å²) in [6.07, 6.45) is 16.9. The largest absolute Gasteiger partial charge is 0.366 e. The van der Waals surface area contributed by atoms with E-state index < -0.39 is 16.0 Å². The first kappa shape index (κ1) is 24.1. The normalized spacial score (nSPS) is 12.5. The minimum absolute atomic E-state index is 0.284. The Morgan fingerprint density at radius 1 is 0.880 bits per heavy atom. The van der Waals surface area contributed by atoms with Gasteiger partial charge in [-0.15, -0.1) is 0 Å². The van der Waals surface area contributed by atoms with Crippen LogP contribution in [0.15, 0.2) is 11.6 Å². The third kappa shape index (κ3) is 17.7. The van der Waals surface area contributed by atoms with Gasteiger partial charge in [0, 0.05) is 5.57 Å². The fraction of sp³-hybridized carbons (Fsp3) is 0.842. The fourth-order valence-corrected chi connectivity index (χ4v) is 3.38. The first-order valence-corrected chi connectivity index (χ1v) is 11.4. The molecule has 25 heavy (non-hydrogen) atoms. The summed E-state index contributed by atoms with van der Waals surface area (Å²) >= 11 is 0. The van der Waals surface area contributed by atoms with E-state index in [1.54, 1.807) is 6.08 Å². The highest BCUT2D eigenvalue weighted by atomic mass is 32.2. The summed E-state index contributed by atoms with van der Waals surface area (Å²) in [7, 11) is -3.93. The first-order chi connectivity index (χ1) is 11.9. The topological polar surface area (TPSA) is 97.5 Å². The zero-order valence-electron chi connectivity index (χ0n) is 15.8.